The maximum Gasteiger partial charge on any atom is 0.184 e. The van der Waals surface area contributed by atoms with Crippen molar-refractivity contribution in [3.63, 3.8) is 0 Å². The quantitative estimate of drug-likeness (QED) is 0.717. The average molecular weight is 218 g/mol. The molecule has 1 aromatic heterocycles. The fourth-order valence-corrected chi connectivity index (χ4v) is 2.47. The zero-order valence-corrected chi connectivity index (χ0v) is 9.94. The minimum absolute atomic E-state index is 0.179. The van der Waals surface area contributed by atoms with Crippen LogP contribution in [0.2, 0.25) is 0 Å². The van der Waals surface area contributed by atoms with Crippen LogP contribution in [-0.2, 0) is 0 Å². The lowest BCUT2D eigenvalue weighted by Crippen LogP contribution is -2.22. The van der Waals surface area contributed by atoms with E-state index in [2.05, 4.69) is 16.9 Å². The lowest BCUT2D eigenvalue weighted by molar-refractivity contribution is 0.0862. The zero-order chi connectivity index (χ0) is 11.5. The van der Waals surface area contributed by atoms with E-state index >= 15 is 0 Å². The SMILES string of the molecule is Cc1nccc(C(=O)C2CCCC(C)C2)n1. The summed E-state index contributed by atoms with van der Waals surface area (Å²) < 4.78 is 0. The average Bonchev–Trinajstić information content (AvgIpc) is 2.28. The van der Waals surface area contributed by atoms with Crippen LogP contribution >= 0.6 is 0 Å². The molecular formula is C13H18N2O. The van der Waals surface area contributed by atoms with Crippen molar-refractivity contribution in [1.29, 1.82) is 0 Å². The fraction of sp³-hybridized carbons (Fsp3) is 0.615. The highest BCUT2D eigenvalue weighted by Crippen LogP contribution is 2.30. The summed E-state index contributed by atoms with van der Waals surface area (Å²) in [5.74, 6) is 1.73. The zero-order valence-electron chi connectivity index (χ0n) is 9.94. The first-order chi connectivity index (χ1) is 7.66. The molecule has 1 aliphatic carbocycles. The van der Waals surface area contributed by atoms with Gasteiger partial charge in [0.15, 0.2) is 5.78 Å². The van der Waals surface area contributed by atoms with Gasteiger partial charge in [0.2, 0.25) is 0 Å². The lowest BCUT2D eigenvalue weighted by Gasteiger charge is -2.25. The molecule has 0 aromatic carbocycles. The van der Waals surface area contributed by atoms with E-state index in [1.54, 1.807) is 12.3 Å². The molecule has 0 bridgehead atoms. The molecule has 3 heteroatoms. The van der Waals surface area contributed by atoms with E-state index in [1.165, 1.54) is 12.8 Å². The van der Waals surface area contributed by atoms with Gasteiger partial charge in [0.25, 0.3) is 0 Å². The number of carbonyl (C=O) groups is 1. The van der Waals surface area contributed by atoms with Gasteiger partial charge in [0.1, 0.15) is 11.5 Å². The highest BCUT2D eigenvalue weighted by molar-refractivity contribution is 5.96. The summed E-state index contributed by atoms with van der Waals surface area (Å²) >= 11 is 0. The molecule has 2 unspecified atom stereocenters. The van der Waals surface area contributed by atoms with E-state index in [4.69, 9.17) is 0 Å². The molecule has 2 atom stereocenters. The van der Waals surface area contributed by atoms with E-state index in [-0.39, 0.29) is 11.7 Å². The molecule has 0 aliphatic heterocycles. The Labute approximate surface area is 96.3 Å². The van der Waals surface area contributed by atoms with Crippen molar-refractivity contribution in [1.82, 2.24) is 9.97 Å². The van der Waals surface area contributed by atoms with Crippen molar-refractivity contribution in [2.24, 2.45) is 11.8 Å². The molecule has 0 N–H and O–H groups in total. The molecule has 1 aliphatic rings. The topological polar surface area (TPSA) is 42.9 Å². The summed E-state index contributed by atoms with van der Waals surface area (Å²) in [6.07, 6.45) is 6.13. The number of nitrogens with zero attached hydrogens (tertiary/aromatic N) is 2. The van der Waals surface area contributed by atoms with Gasteiger partial charge in [0.05, 0.1) is 0 Å². The largest absolute Gasteiger partial charge is 0.292 e. The van der Waals surface area contributed by atoms with Crippen LogP contribution in [-0.4, -0.2) is 15.8 Å². The highest BCUT2D eigenvalue weighted by Gasteiger charge is 2.26. The smallest absolute Gasteiger partial charge is 0.184 e. The first-order valence-corrected chi connectivity index (χ1v) is 6.00. The Morgan fingerprint density at radius 1 is 1.44 bits per heavy atom. The van der Waals surface area contributed by atoms with Gasteiger partial charge in [-0.25, -0.2) is 9.97 Å². The number of Topliss-reactive ketones (excluding diaryl/α,β-unsaturated/α-hetero) is 1. The Morgan fingerprint density at radius 2 is 2.25 bits per heavy atom. The van der Waals surface area contributed by atoms with Gasteiger partial charge in [-0.3, -0.25) is 4.79 Å². The number of rotatable bonds is 2. The number of aryl methyl sites for hydroxylation is 1. The number of hydrogen-bond donors (Lipinski definition) is 0. The summed E-state index contributed by atoms with van der Waals surface area (Å²) in [4.78, 5) is 20.4. The number of ketones is 1. The van der Waals surface area contributed by atoms with Crippen LogP contribution in [0.3, 0.4) is 0 Å². The van der Waals surface area contributed by atoms with Gasteiger partial charge in [0, 0.05) is 12.1 Å². The summed E-state index contributed by atoms with van der Waals surface area (Å²) in [6, 6.07) is 1.73. The molecule has 0 spiro atoms. The Kier molecular flexibility index (Phi) is 3.32. The van der Waals surface area contributed by atoms with Crippen LogP contribution in [0.15, 0.2) is 12.3 Å². The van der Waals surface area contributed by atoms with E-state index in [0.717, 1.165) is 12.8 Å². The van der Waals surface area contributed by atoms with Crippen LogP contribution in [0, 0.1) is 18.8 Å². The standard InChI is InChI=1S/C13H18N2O/c1-9-4-3-5-11(8-9)13(16)12-6-7-14-10(2)15-12/h6-7,9,11H,3-5,8H2,1-2H3. The number of carbonyl (C=O) groups excluding carboxylic acids is 1. The Balaban J connectivity index is 2.12. The van der Waals surface area contributed by atoms with Gasteiger partial charge in [-0.05, 0) is 31.7 Å². The molecule has 1 heterocycles. The molecular weight excluding hydrogens is 200 g/mol. The summed E-state index contributed by atoms with van der Waals surface area (Å²) in [5.41, 5.74) is 0.589. The molecule has 86 valence electrons. The minimum Gasteiger partial charge on any atom is -0.292 e. The fourth-order valence-electron chi connectivity index (χ4n) is 2.47. The second-order valence-electron chi connectivity index (χ2n) is 4.82. The highest BCUT2D eigenvalue weighted by atomic mass is 16.1. The molecule has 16 heavy (non-hydrogen) atoms. The summed E-state index contributed by atoms with van der Waals surface area (Å²) in [6.45, 7) is 4.05. The van der Waals surface area contributed by atoms with Crippen molar-refractivity contribution in [3.05, 3.63) is 23.8 Å². The molecule has 2 rings (SSSR count). The van der Waals surface area contributed by atoms with Crippen LogP contribution in [0.25, 0.3) is 0 Å². The Bertz CT molecular complexity index is 389. The first kappa shape index (κ1) is 11.2. The molecule has 0 saturated heterocycles. The van der Waals surface area contributed by atoms with E-state index in [9.17, 15) is 4.79 Å². The molecule has 1 saturated carbocycles. The van der Waals surface area contributed by atoms with E-state index in [0.29, 0.717) is 17.4 Å². The Hall–Kier alpha value is -1.25. The Morgan fingerprint density at radius 3 is 2.94 bits per heavy atom. The van der Waals surface area contributed by atoms with Gasteiger partial charge < -0.3 is 0 Å². The molecule has 1 aromatic rings. The van der Waals surface area contributed by atoms with Gasteiger partial charge in [-0.2, -0.15) is 0 Å². The lowest BCUT2D eigenvalue weighted by atomic mass is 9.79. The van der Waals surface area contributed by atoms with Gasteiger partial charge in [-0.1, -0.05) is 19.8 Å². The third-order valence-corrected chi connectivity index (χ3v) is 3.34. The van der Waals surface area contributed by atoms with Crippen molar-refractivity contribution in [2.75, 3.05) is 0 Å². The maximum atomic E-state index is 12.2. The second-order valence-corrected chi connectivity index (χ2v) is 4.82. The third kappa shape index (κ3) is 2.46. The second kappa shape index (κ2) is 4.73. The van der Waals surface area contributed by atoms with Crippen LogP contribution in [0.5, 0.6) is 0 Å². The van der Waals surface area contributed by atoms with Gasteiger partial charge in [-0.15, -0.1) is 0 Å². The normalized spacial score (nSPS) is 25.4. The van der Waals surface area contributed by atoms with Crippen LogP contribution < -0.4 is 0 Å². The van der Waals surface area contributed by atoms with Crippen molar-refractivity contribution in [3.8, 4) is 0 Å². The maximum absolute atomic E-state index is 12.2. The van der Waals surface area contributed by atoms with E-state index < -0.39 is 0 Å². The van der Waals surface area contributed by atoms with Crippen molar-refractivity contribution in [2.45, 2.75) is 39.5 Å². The molecule has 0 radical (unpaired) electrons. The third-order valence-electron chi connectivity index (χ3n) is 3.34. The van der Waals surface area contributed by atoms with E-state index in [1.807, 2.05) is 6.92 Å². The minimum atomic E-state index is 0.179. The van der Waals surface area contributed by atoms with Crippen molar-refractivity contribution < 1.29 is 4.79 Å². The number of aromatic nitrogens is 2. The first-order valence-electron chi connectivity index (χ1n) is 6.00. The van der Waals surface area contributed by atoms with Crippen LogP contribution in [0.1, 0.15) is 48.9 Å². The van der Waals surface area contributed by atoms with Gasteiger partial charge >= 0.3 is 0 Å². The van der Waals surface area contributed by atoms with Crippen LogP contribution in [0.4, 0.5) is 0 Å². The summed E-state index contributed by atoms with van der Waals surface area (Å²) in [5, 5.41) is 0. The predicted octanol–water partition coefficient (Wildman–Crippen LogP) is 2.79. The molecule has 0 amide bonds. The predicted molar refractivity (Wildman–Crippen MR) is 62.2 cm³/mol. The summed E-state index contributed by atoms with van der Waals surface area (Å²) in [7, 11) is 0. The monoisotopic (exact) mass is 218 g/mol. The number of hydrogen-bond acceptors (Lipinski definition) is 3. The molecule has 1 fully saturated rings. The van der Waals surface area contributed by atoms with Crippen molar-refractivity contribution >= 4 is 5.78 Å². The molecule has 3 nitrogen and oxygen atoms in total.